The van der Waals surface area contributed by atoms with Gasteiger partial charge in [0.25, 0.3) is 0 Å². The van der Waals surface area contributed by atoms with Crippen molar-refractivity contribution in [1.82, 2.24) is 19.9 Å². The van der Waals surface area contributed by atoms with Crippen molar-refractivity contribution >= 4 is 21.9 Å². The first-order valence-corrected chi connectivity index (χ1v) is 8.56. The van der Waals surface area contributed by atoms with Crippen LogP contribution in [-0.2, 0) is 0 Å². The monoisotopic (exact) mass is 335 g/mol. The van der Waals surface area contributed by atoms with Crippen molar-refractivity contribution in [2.24, 2.45) is 5.41 Å². The number of ether oxygens (including phenoxy) is 1. The highest BCUT2D eigenvalue weighted by Gasteiger charge is 2.30. The highest BCUT2D eigenvalue weighted by molar-refractivity contribution is 6.09. The average molecular weight is 335 g/mol. The lowest BCUT2D eigenvalue weighted by atomic mass is 9.81. The molecule has 0 bridgehead atoms. The quantitative estimate of drug-likeness (QED) is 0.796. The number of aromatic nitrogens is 3. The molecule has 1 aliphatic rings. The maximum Gasteiger partial charge on any atom is 0.142 e. The minimum atomic E-state index is 0.188. The third-order valence-electron chi connectivity index (χ3n) is 5.22. The standard InChI is InChI=1S/C19H21N5O/c1-19(4-7-24(2)8-5-19)12-25-16-3-6-21-18-17(16)14-9-13(10-20)22-11-15(14)23-18/h3,6,9,11H,4-5,7-8,12H2,1-2H3,(H,21,23). The number of H-pyrrole nitrogens is 1. The molecule has 3 aromatic rings. The molecule has 0 saturated carbocycles. The van der Waals surface area contributed by atoms with E-state index in [4.69, 9.17) is 10.00 Å². The van der Waals surface area contributed by atoms with Crippen LogP contribution >= 0.6 is 0 Å². The molecule has 0 radical (unpaired) electrons. The van der Waals surface area contributed by atoms with Gasteiger partial charge in [0.05, 0.1) is 23.7 Å². The molecule has 0 atom stereocenters. The lowest BCUT2D eigenvalue weighted by Gasteiger charge is -2.37. The first-order chi connectivity index (χ1) is 12.1. The van der Waals surface area contributed by atoms with E-state index in [2.05, 4.69) is 39.9 Å². The van der Waals surface area contributed by atoms with E-state index in [0.29, 0.717) is 12.3 Å². The van der Waals surface area contributed by atoms with E-state index in [1.54, 1.807) is 18.5 Å². The number of aromatic amines is 1. The zero-order valence-electron chi connectivity index (χ0n) is 14.5. The second-order valence-corrected chi connectivity index (χ2v) is 7.29. The number of pyridine rings is 2. The molecule has 0 amide bonds. The van der Waals surface area contributed by atoms with Crippen molar-refractivity contribution < 1.29 is 4.74 Å². The molecule has 1 saturated heterocycles. The molecule has 0 unspecified atom stereocenters. The third kappa shape index (κ3) is 2.92. The van der Waals surface area contributed by atoms with Crippen LogP contribution < -0.4 is 4.74 Å². The van der Waals surface area contributed by atoms with Crippen LogP contribution in [0.1, 0.15) is 25.5 Å². The summed E-state index contributed by atoms with van der Waals surface area (Å²) in [5.74, 6) is 0.812. The molecule has 25 heavy (non-hydrogen) atoms. The summed E-state index contributed by atoms with van der Waals surface area (Å²) in [6.45, 7) is 5.19. The molecular weight excluding hydrogens is 314 g/mol. The van der Waals surface area contributed by atoms with Crippen molar-refractivity contribution in [3.63, 3.8) is 0 Å². The number of fused-ring (bicyclic) bond motifs is 3. The van der Waals surface area contributed by atoms with Crippen LogP contribution in [0.5, 0.6) is 5.75 Å². The van der Waals surface area contributed by atoms with Gasteiger partial charge in [0.15, 0.2) is 0 Å². The highest BCUT2D eigenvalue weighted by atomic mass is 16.5. The van der Waals surface area contributed by atoms with Crippen LogP contribution in [0.4, 0.5) is 0 Å². The summed E-state index contributed by atoms with van der Waals surface area (Å²) in [5, 5.41) is 11.0. The van der Waals surface area contributed by atoms with Gasteiger partial charge in [-0.15, -0.1) is 0 Å². The van der Waals surface area contributed by atoms with Crippen LogP contribution in [-0.4, -0.2) is 46.6 Å². The predicted molar refractivity (Wildman–Crippen MR) is 96.4 cm³/mol. The van der Waals surface area contributed by atoms with Gasteiger partial charge < -0.3 is 14.6 Å². The number of hydrogen-bond acceptors (Lipinski definition) is 5. The van der Waals surface area contributed by atoms with Gasteiger partial charge in [-0.25, -0.2) is 9.97 Å². The highest BCUT2D eigenvalue weighted by Crippen LogP contribution is 2.35. The molecule has 128 valence electrons. The smallest absolute Gasteiger partial charge is 0.142 e. The Morgan fingerprint density at radius 2 is 2.16 bits per heavy atom. The minimum Gasteiger partial charge on any atom is -0.492 e. The van der Waals surface area contributed by atoms with Crippen LogP contribution in [0, 0.1) is 16.7 Å². The predicted octanol–water partition coefficient (Wildman–Crippen LogP) is 3.09. The molecule has 3 aromatic heterocycles. The van der Waals surface area contributed by atoms with Crippen LogP contribution in [0.15, 0.2) is 24.5 Å². The van der Waals surface area contributed by atoms with Gasteiger partial charge in [0.2, 0.25) is 0 Å². The fourth-order valence-electron chi connectivity index (χ4n) is 3.42. The van der Waals surface area contributed by atoms with E-state index >= 15 is 0 Å². The van der Waals surface area contributed by atoms with Crippen molar-refractivity contribution in [1.29, 1.82) is 5.26 Å². The molecule has 1 aliphatic heterocycles. The van der Waals surface area contributed by atoms with E-state index in [1.165, 1.54) is 0 Å². The molecule has 0 aliphatic carbocycles. The van der Waals surface area contributed by atoms with E-state index < -0.39 is 0 Å². The van der Waals surface area contributed by atoms with Gasteiger partial charge in [-0.1, -0.05) is 6.92 Å². The van der Waals surface area contributed by atoms with E-state index in [9.17, 15) is 0 Å². The number of piperidine rings is 1. The molecule has 0 aromatic carbocycles. The van der Waals surface area contributed by atoms with Crippen LogP contribution in [0.3, 0.4) is 0 Å². The van der Waals surface area contributed by atoms with Gasteiger partial charge in [-0.3, -0.25) is 0 Å². The Hall–Kier alpha value is -2.65. The summed E-state index contributed by atoms with van der Waals surface area (Å²) in [5.41, 5.74) is 2.21. The van der Waals surface area contributed by atoms with Crippen LogP contribution in [0.2, 0.25) is 0 Å². The van der Waals surface area contributed by atoms with Crippen molar-refractivity contribution in [2.45, 2.75) is 19.8 Å². The summed E-state index contributed by atoms with van der Waals surface area (Å²) in [6.07, 6.45) is 5.70. The number of nitrogens with one attached hydrogen (secondary N) is 1. The second kappa shape index (κ2) is 6.01. The lowest BCUT2D eigenvalue weighted by Crippen LogP contribution is -2.39. The Morgan fingerprint density at radius 3 is 2.92 bits per heavy atom. The maximum absolute atomic E-state index is 9.13. The molecule has 1 N–H and O–H groups in total. The topological polar surface area (TPSA) is 77.8 Å². The Kier molecular flexibility index (Phi) is 3.81. The van der Waals surface area contributed by atoms with Crippen molar-refractivity contribution in [3.8, 4) is 11.8 Å². The van der Waals surface area contributed by atoms with Gasteiger partial charge in [-0.05, 0) is 45.1 Å². The second-order valence-electron chi connectivity index (χ2n) is 7.29. The molecular formula is C19H21N5O. The van der Waals surface area contributed by atoms with Crippen molar-refractivity contribution in [2.75, 3.05) is 26.7 Å². The molecule has 4 rings (SSSR count). The first kappa shape index (κ1) is 15.9. The fourth-order valence-corrected chi connectivity index (χ4v) is 3.42. The third-order valence-corrected chi connectivity index (χ3v) is 5.22. The molecule has 0 spiro atoms. The van der Waals surface area contributed by atoms with Gasteiger partial charge >= 0.3 is 0 Å². The first-order valence-electron chi connectivity index (χ1n) is 8.56. The summed E-state index contributed by atoms with van der Waals surface area (Å²) in [4.78, 5) is 14.1. The Bertz CT molecular complexity index is 963. The number of nitrogens with zero attached hydrogens (tertiary/aromatic N) is 4. The summed E-state index contributed by atoms with van der Waals surface area (Å²) in [7, 11) is 2.17. The lowest BCUT2D eigenvalue weighted by molar-refractivity contribution is 0.0811. The number of hydrogen-bond donors (Lipinski definition) is 1. The fraction of sp³-hybridized carbons (Fsp3) is 0.421. The average Bonchev–Trinajstić information content (AvgIpc) is 3.01. The van der Waals surface area contributed by atoms with E-state index in [-0.39, 0.29) is 5.41 Å². The zero-order chi connectivity index (χ0) is 17.4. The SMILES string of the molecule is CN1CCC(C)(COc2ccnc3[nH]c4cnc(C#N)cc4c23)CC1. The van der Waals surface area contributed by atoms with E-state index in [1.807, 2.05) is 6.07 Å². The summed E-state index contributed by atoms with van der Waals surface area (Å²) >= 11 is 0. The normalized spacial score (nSPS) is 17.6. The molecule has 4 heterocycles. The number of likely N-dealkylation sites (tertiary alicyclic amines) is 1. The van der Waals surface area contributed by atoms with Crippen molar-refractivity contribution in [3.05, 3.63) is 30.2 Å². The summed E-state index contributed by atoms with van der Waals surface area (Å²) < 4.78 is 6.26. The summed E-state index contributed by atoms with van der Waals surface area (Å²) in [6, 6.07) is 5.79. The van der Waals surface area contributed by atoms with Gasteiger partial charge in [0.1, 0.15) is 23.2 Å². The Balaban J connectivity index is 1.68. The van der Waals surface area contributed by atoms with Crippen LogP contribution in [0.25, 0.3) is 21.9 Å². The minimum absolute atomic E-state index is 0.188. The Labute approximate surface area is 146 Å². The molecule has 1 fully saturated rings. The molecule has 6 heteroatoms. The largest absolute Gasteiger partial charge is 0.492 e. The maximum atomic E-state index is 9.13. The zero-order valence-corrected chi connectivity index (χ0v) is 14.5. The van der Waals surface area contributed by atoms with Gasteiger partial charge in [-0.2, -0.15) is 5.26 Å². The Morgan fingerprint density at radius 1 is 1.36 bits per heavy atom. The molecule has 6 nitrogen and oxygen atoms in total. The number of nitriles is 1. The number of rotatable bonds is 3. The van der Waals surface area contributed by atoms with E-state index in [0.717, 1.165) is 53.6 Å². The van der Waals surface area contributed by atoms with Gasteiger partial charge in [0, 0.05) is 17.0 Å².